The topological polar surface area (TPSA) is 26.0 Å². The van der Waals surface area contributed by atoms with Crippen LogP contribution in [0.15, 0.2) is 0 Å². The van der Waals surface area contributed by atoms with Crippen molar-refractivity contribution in [2.45, 2.75) is 52.0 Å². The first-order chi connectivity index (χ1) is 5.24. The zero-order valence-electron chi connectivity index (χ0n) is 7.84. The highest BCUT2D eigenvalue weighted by Crippen LogP contribution is 2.30. The van der Waals surface area contributed by atoms with Gasteiger partial charge in [-0.1, -0.05) is 26.7 Å². The molecule has 1 saturated carbocycles. The molecule has 2 N–H and O–H groups in total. The maximum absolute atomic E-state index is 5.99. The number of rotatable bonds is 2. The Kier molecular flexibility index (Phi) is 3.38. The molecule has 0 radical (unpaired) electrons. The quantitative estimate of drug-likeness (QED) is 0.651. The van der Waals surface area contributed by atoms with Crippen molar-refractivity contribution < 1.29 is 0 Å². The summed E-state index contributed by atoms with van der Waals surface area (Å²) in [6, 6.07) is 0.475. The van der Waals surface area contributed by atoms with Crippen LogP contribution in [0.25, 0.3) is 0 Å². The second-order valence-corrected chi connectivity index (χ2v) is 4.09. The lowest BCUT2D eigenvalue weighted by molar-refractivity contribution is 0.251. The van der Waals surface area contributed by atoms with Gasteiger partial charge in [-0.15, -0.1) is 0 Å². The van der Waals surface area contributed by atoms with E-state index in [9.17, 15) is 0 Å². The Labute approximate surface area is 70.4 Å². The van der Waals surface area contributed by atoms with E-state index in [2.05, 4.69) is 13.8 Å². The predicted molar refractivity (Wildman–Crippen MR) is 49.4 cm³/mol. The Morgan fingerprint density at radius 2 is 1.82 bits per heavy atom. The molecule has 1 unspecified atom stereocenters. The van der Waals surface area contributed by atoms with Crippen LogP contribution in [-0.4, -0.2) is 6.04 Å². The second-order valence-electron chi connectivity index (χ2n) is 4.09. The van der Waals surface area contributed by atoms with Crippen molar-refractivity contribution in [3.8, 4) is 0 Å². The summed E-state index contributed by atoms with van der Waals surface area (Å²) < 4.78 is 0. The third kappa shape index (κ3) is 2.48. The minimum absolute atomic E-state index is 0.475. The molecule has 0 spiro atoms. The summed E-state index contributed by atoms with van der Waals surface area (Å²) >= 11 is 0. The van der Waals surface area contributed by atoms with Crippen molar-refractivity contribution in [3.63, 3.8) is 0 Å². The first-order valence-electron chi connectivity index (χ1n) is 4.99. The number of nitrogens with two attached hydrogens (primary N) is 1. The summed E-state index contributed by atoms with van der Waals surface area (Å²) in [6.07, 6.45) is 6.70. The first-order valence-corrected chi connectivity index (χ1v) is 4.99. The fourth-order valence-corrected chi connectivity index (χ4v) is 2.05. The normalized spacial score (nSPS) is 35.2. The Balaban J connectivity index is 2.27. The van der Waals surface area contributed by atoms with E-state index < -0.39 is 0 Å². The van der Waals surface area contributed by atoms with Crippen LogP contribution in [0, 0.1) is 11.8 Å². The molecule has 0 heterocycles. The zero-order chi connectivity index (χ0) is 8.27. The van der Waals surface area contributed by atoms with Crippen LogP contribution in [0.2, 0.25) is 0 Å². The maximum atomic E-state index is 5.99. The second kappa shape index (κ2) is 4.10. The summed E-state index contributed by atoms with van der Waals surface area (Å²) in [4.78, 5) is 0. The van der Waals surface area contributed by atoms with Gasteiger partial charge in [0.15, 0.2) is 0 Å². The summed E-state index contributed by atoms with van der Waals surface area (Å²) in [6.45, 7) is 4.55. The van der Waals surface area contributed by atoms with E-state index in [0.29, 0.717) is 6.04 Å². The van der Waals surface area contributed by atoms with Crippen molar-refractivity contribution in [1.82, 2.24) is 0 Å². The third-order valence-corrected chi connectivity index (χ3v) is 3.14. The molecule has 0 aliphatic heterocycles. The van der Waals surface area contributed by atoms with Gasteiger partial charge in [-0.2, -0.15) is 0 Å². The number of hydrogen-bond donors (Lipinski definition) is 1. The van der Waals surface area contributed by atoms with Crippen molar-refractivity contribution in [3.05, 3.63) is 0 Å². The zero-order valence-corrected chi connectivity index (χ0v) is 7.84. The van der Waals surface area contributed by atoms with Crippen LogP contribution in [0.3, 0.4) is 0 Å². The molecule has 0 aromatic heterocycles. The van der Waals surface area contributed by atoms with Crippen molar-refractivity contribution in [2.24, 2.45) is 17.6 Å². The van der Waals surface area contributed by atoms with Crippen LogP contribution in [-0.2, 0) is 0 Å². The van der Waals surface area contributed by atoms with Gasteiger partial charge >= 0.3 is 0 Å². The largest absolute Gasteiger partial charge is 0.327 e. The van der Waals surface area contributed by atoms with E-state index in [1.165, 1.54) is 25.7 Å². The Morgan fingerprint density at radius 1 is 1.27 bits per heavy atom. The van der Waals surface area contributed by atoms with Gasteiger partial charge in [0.2, 0.25) is 0 Å². The van der Waals surface area contributed by atoms with Gasteiger partial charge in [-0.25, -0.2) is 0 Å². The molecule has 0 bridgehead atoms. The summed E-state index contributed by atoms with van der Waals surface area (Å²) in [5.41, 5.74) is 5.99. The highest BCUT2D eigenvalue weighted by atomic mass is 14.6. The van der Waals surface area contributed by atoms with E-state index in [4.69, 9.17) is 5.73 Å². The molecule has 1 fully saturated rings. The smallest absolute Gasteiger partial charge is 0.00645 e. The van der Waals surface area contributed by atoms with Gasteiger partial charge in [-0.05, 0) is 31.1 Å². The Bertz CT molecular complexity index is 103. The standard InChI is InChI=1S/C10H21N/c1-3-10(11)9-6-4-8(2)5-7-9/h8-10H,3-7,11H2,1-2H3. The molecule has 1 rings (SSSR count). The van der Waals surface area contributed by atoms with Gasteiger partial charge in [0.1, 0.15) is 0 Å². The van der Waals surface area contributed by atoms with Crippen LogP contribution in [0.1, 0.15) is 46.0 Å². The molecular weight excluding hydrogens is 134 g/mol. The Morgan fingerprint density at radius 3 is 2.27 bits per heavy atom. The van der Waals surface area contributed by atoms with E-state index in [0.717, 1.165) is 18.3 Å². The van der Waals surface area contributed by atoms with Crippen molar-refractivity contribution in [1.29, 1.82) is 0 Å². The van der Waals surface area contributed by atoms with Crippen LogP contribution >= 0.6 is 0 Å². The van der Waals surface area contributed by atoms with Crippen molar-refractivity contribution in [2.75, 3.05) is 0 Å². The van der Waals surface area contributed by atoms with E-state index in [-0.39, 0.29) is 0 Å². The fraction of sp³-hybridized carbons (Fsp3) is 1.00. The monoisotopic (exact) mass is 155 g/mol. The molecule has 0 amide bonds. The average Bonchev–Trinajstić information content (AvgIpc) is 2.05. The lowest BCUT2D eigenvalue weighted by Gasteiger charge is -2.29. The molecule has 11 heavy (non-hydrogen) atoms. The summed E-state index contributed by atoms with van der Waals surface area (Å²) in [5, 5.41) is 0. The van der Waals surface area contributed by atoms with Crippen LogP contribution in [0.4, 0.5) is 0 Å². The number of hydrogen-bond acceptors (Lipinski definition) is 1. The molecule has 1 aliphatic carbocycles. The maximum Gasteiger partial charge on any atom is 0.00645 e. The minimum Gasteiger partial charge on any atom is -0.327 e. The minimum atomic E-state index is 0.475. The third-order valence-electron chi connectivity index (χ3n) is 3.14. The van der Waals surface area contributed by atoms with Crippen LogP contribution < -0.4 is 5.73 Å². The first kappa shape index (κ1) is 9.05. The van der Waals surface area contributed by atoms with Gasteiger partial charge in [0.05, 0.1) is 0 Å². The van der Waals surface area contributed by atoms with Crippen LogP contribution in [0.5, 0.6) is 0 Å². The SMILES string of the molecule is CCC(N)C1CCC(C)CC1. The highest BCUT2D eigenvalue weighted by Gasteiger charge is 2.21. The molecule has 0 aromatic rings. The van der Waals surface area contributed by atoms with Gasteiger partial charge in [0, 0.05) is 6.04 Å². The lowest BCUT2D eigenvalue weighted by Crippen LogP contribution is -2.31. The van der Waals surface area contributed by atoms with E-state index in [1.54, 1.807) is 0 Å². The summed E-state index contributed by atoms with van der Waals surface area (Å²) in [5.74, 6) is 1.78. The highest BCUT2D eigenvalue weighted by molar-refractivity contribution is 4.77. The van der Waals surface area contributed by atoms with E-state index in [1.807, 2.05) is 0 Å². The molecule has 1 nitrogen and oxygen atoms in total. The predicted octanol–water partition coefficient (Wildman–Crippen LogP) is 2.55. The molecule has 1 aliphatic rings. The van der Waals surface area contributed by atoms with E-state index >= 15 is 0 Å². The average molecular weight is 155 g/mol. The fourth-order valence-electron chi connectivity index (χ4n) is 2.05. The van der Waals surface area contributed by atoms with Gasteiger partial charge < -0.3 is 5.73 Å². The van der Waals surface area contributed by atoms with Gasteiger partial charge in [0.25, 0.3) is 0 Å². The molecule has 66 valence electrons. The lowest BCUT2D eigenvalue weighted by atomic mass is 9.79. The molecular formula is C10H21N. The molecule has 0 aromatic carbocycles. The Hall–Kier alpha value is -0.0400. The molecule has 0 saturated heterocycles. The molecule has 1 heteroatoms. The van der Waals surface area contributed by atoms with Crippen molar-refractivity contribution >= 4 is 0 Å². The van der Waals surface area contributed by atoms with Gasteiger partial charge in [-0.3, -0.25) is 0 Å². The summed E-state index contributed by atoms with van der Waals surface area (Å²) in [7, 11) is 0. The molecule has 1 atom stereocenters.